The molecule has 0 atom stereocenters. The summed E-state index contributed by atoms with van der Waals surface area (Å²) in [4.78, 5) is 17.3. The van der Waals surface area contributed by atoms with E-state index in [9.17, 15) is 4.79 Å². The fourth-order valence-corrected chi connectivity index (χ4v) is 3.32. The molecule has 0 aromatic heterocycles. The highest BCUT2D eigenvalue weighted by Gasteiger charge is 2.15. The van der Waals surface area contributed by atoms with Crippen LogP contribution in [0.5, 0.6) is 5.75 Å². The minimum Gasteiger partial charge on any atom is -0.494 e. The lowest BCUT2D eigenvalue weighted by Crippen LogP contribution is -2.46. The van der Waals surface area contributed by atoms with Crippen LogP contribution in [0.1, 0.15) is 37.0 Å². The van der Waals surface area contributed by atoms with Gasteiger partial charge in [-0.25, -0.2) is 0 Å². The highest BCUT2D eigenvalue weighted by molar-refractivity contribution is 6.04. The van der Waals surface area contributed by atoms with Crippen molar-refractivity contribution < 1.29 is 9.53 Å². The molecule has 28 heavy (non-hydrogen) atoms. The van der Waals surface area contributed by atoms with Gasteiger partial charge in [-0.3, -0.25) is 4.79 Å². The summed E-state index contributed by atoms with van der Waals surface area (Å²) in [6.45, 7) is 10.5. The lowest BCUT2D eigenvalue weighted by Gasteiger charge is -2.35. The number of likely N-dealkylation sites (N-methyl/N-ethyl adjacent to an activating group) is 1. The van der Waals surface area contributed by atoms with Gasteiger partial charge in [0.1, 0.15) is 5.75 Å². The zero-order valence-corrected chi connectivity index (χ0v) is 17.0. The summed E-state index contributed by atoms with van der Waals surface area (Å²) in [6.07, 6.45) is 2.14. The summed E-state index contributed by atoms with van der Waals surface area (Å²) >= 11 is 0. The first-order chi connectivity index (χ1) is 13.7. The third-order valence-corrected chi connectivity index (χ3v) is 5.19. The Bertz CT molecular complexity index is 735. The van der Waals surface area contributed by atoms with Gasteiger partial charge in [-0.1, -0.05) is 20.3 Å². The summed E-state index contributed by atoms with van der Waals surface area (Å²) in [5.74, 6) is 0.696. The summed E-state index contributed by atoms with van der Waals surface area (Å²) in [5.41, 5.74) is 2.65. The molecule has 5 nitrogen and oxygen atoms in total. The number of carbonyl (C=O) groups excluding carboxylic acids is 1. The predicted molar refractivity (Wildman–Crippen MR) is 116 cm³/mol. The molecule has 0 unspecified atom stereocenters. The summed E-state index contributed by atoms with van der Waals surface area (Å²) in [5, 5.41) is 2.97. The van der Waals surface area contributed by atoms with Crippen LogP contribution < -0.4 is 15.0 Å². The molecular weight excluding hydrogens is 350 g/mol. The maximum absolute atomic E-state index is 12.5. The number of unbranched alkanes of at least 4 members (excludes halogenated alkanes) is 1. The normalized spacial score (nSPS) is 14.7. The van der Waals surface area contributed by atoms with Crippen LogP contribution in [0.4, 0.5) is 11.4 Å². The number of benzene rings is 2. The van der Waals surface area contributed by atoms with E-state index in [0.29, 0.717) is 12.2 Å². The smallest absolute Gasteiger partial charge is 0.255 e. The molecule has 1 amide bonds. The van der Waals surface area contributed by atoms with Gasteiger partial charge in [-0.15, -0.1) is 0 Å². The Balaban J connectivity index is 1.53. The van der Waals surface area contributed by atoms with Gasteiger partial charge in [0.15, 0.2) is 0 Å². The predicted octanol–water partition coefficient (Wildman–Crippen LogP) is 4.26. The van der Waals surface area contributed by atoms with Gasteiger partial charge in [0.2, 0.25) is 0 Å². The number of hydrogen-bond acceptors (Lipinski definition) is 4. The maximum atomic E-state index is 12.5. The summed E-state index contributed by atoms with van der Waals surface area (Å²) in [6, 6.07) is 15.4. The quantitative estimate of drug-likeness (QED) is 0.694. The molecule has 2 aromatic carbocycles. The average Bonchev–Trinajstić information content (AvgIpc) is 2.75. The van der Waals surface area contributed by atoms with E-state index >= 15 is 0 Å². The van der Waals surface area contributed by atoms with Crippen LogP contribution in [-0.4, -0.2) is 50.1 Å². The fraction of sp³-hybridized carbons (Fsp3) is 0.435. The minimum absolute atomic E-state index is 0.107. The maximum Gasteiger partial charge on any atom is 0.255 e. The summed E-state index contributed by atoms with van der Waals surface area (Å²) < 4.78 is 5.64. The van der Waals surface area contributed by atoms with Gasteiger partial charge >= 0.3 is 0 Å². The molecule has 1 fully saturated rings. The van der Waals surface area contributed by atoms with Crippen LogP contribution in [0, 0.1) is 0 Å². The van der Waals surface area contributed by atoms with Crippen LogP contribution in [0.2, 0.25) is 0 Å². The zero-order valence-electron chi connectivity index (χ0n) is 17.0. The second kappa shape index (κ2) is 10.1. The van der Waals surface area contributed by atoms with Gasteiger partial charge < -0.3 is 19.9 Å². The van der Waals surface area contributed by atoms with E-state index in [4.69, 9.17) is 4.74 Å². The van der Waals surface area contributed by atoms with Crippen LogP contribution in [0.25, 0.3) is 0 Å². The monoisotopic (exact) mass is 381 g/mol. The van der Waals surface area contributed by atoms with E-state index in [1.807, 2.05) is 24.3 Å². The molecule has 0 bridgehead atoms. The first-order valence-corrected chi connectivity index (χ1v) is 10.3. The lowest BCUT2D eigenvalue weighted by atomic mass is 10.2. The van der Waals surface area contributed by atoms with Crippen LogP contribution in [-0.2, 0) is 0 Å². The van der Waals surface area contributed by atoms with E-state index < -0.39 is 0 Å². The van der Waals surface area contributed by atoms with Crippen molar-refractivity contribution in [1.29, 1.82) is 0 Å². The third-order valence-electron chi connectivity index (χ3n) is 5.19. The molecule has 5 heteroatoms. The number of nitrogens with one attached hydrogen (secondary N) is 1. The fourth-order valence-electron chi connectivity index (χ4n) is 3.32. The van der Waals surface area contributed by atoms with E-state index in [1.165, 1.54) is 5.69 Å². The Morgan fingerprint density at radius 3 is 2.25 bits per heavy atom. The molecule has 0 saturated carbocycles. The van der Waals surface area contributed by atoms with Gasteiger partial charge in [0, 0.05) is 43.1 Å². The molecule has 150 valence electrons. The molecule has 1 saturated heterocycles. The number of piperazine rings is 1. The average molecular weight is 382 g/mol. The molecule has 1 N–H and O–H groups in total. The Morgan fingerprint density at radius 1 is 0.964 bits per heavy atom. The molecule has 3 rings (SSSR count). The number of anilines is 2. The van der Waals surface area contributed by atoms with Crippen molar-refractivity contribution in [2.45, 2.75) is 26.7 Å². The number of carbonyl (C=O) groups is 1. The molecule has 1 aliphatic heterocycles. The molecule has 0 aliphatic carbocycles. The van der Waals surface area contributed by atoms with Crippen molar-refractivity contribution >= 4 is 17.3 Å². The van der Waals surface area contributed by atoms with Gasteiger partial charge in [-0.2, -0.15) is 0 Å². The zero-order chi connectivity index (χ0) is 19.8. The Kier molecular flexibility index (Phi) is 7.31. The third kappa shape index (κ3) is 5.49. The van der Waals surface area contributed by atoms with Crippen molar-refractivity contribution in [3.05, 3.63) is 54.1 Å². The van der Waals surface area contributed by atoms with E-state index in [2.05, 4.69) is 41.1 Å². The molecule has 1 heterocycles. The lowest BCUT2D eigenvalue weighted by molar-refractivity contribution is 0.102. The molecule has 0 spiro atoms. The second-order valence-electron chi connectivity index (χ2n) is 7.15. The molecule has 1 aliphatic rings. The molecule has 2 aromatic rings. The number of nitrogens with zero attached hydrogens (tertiary/aromatic N) is 2. The van der Waals surface area contributed by atoms with Crippen molar-refractivity contribution in [3.63, 3.8) is 0 Å². The topological polar surface area (TPSA) is 44.8 Å². The Morgan fingerprint density at radius 2 is 1.64 bits per heavy atom. The molecule has 0 radical (unpaired) electrons. The largest absolute Gasteiger partial charge is 0.494 e. The number of amides is 1. The second-order valence-corrected chi connectivity index (χ2v) is 7.15. The van der Waals surface area contributed by atoms with Crippen LogP contribution in [0.3, 0.4) is 0 Å². The SMILES string of the molecule is CCCCOc1ccc(C(=O)Nc2ccc(N3CCN(CC)CC3)cc2)cc1. The summed E-state index contributed by atoms with van der Waals surface area (Å²) in [7, 11) is 0. The number of rotatable bonds is 8. The van der Waals surface area contributed by atoms with Gasteiger partial charge in [0.25, 0.3) is 5.91 Å². The highest BCUT2D eigenvalue weighted by Crippen LogP contribution is 2.20. The first-order valence-electron chi connectivity index (χ1n) is 10.3. The van der Waals surface area contributed by atoms with Crippen molar-refractivity contribution in [2.24, 2.45) is 0 Å². The van der Waals surface area contributed by atoms with Crippen molar-refractivity contribution in [1.82, 2.24) is 4.90 Å². The highest BCUT2D eigenvalue weighted by atomic mass is 16.5. The standard InChI is InChI=1S/C23H31N3O2/c1-3-5-18-28-22-12-6-19(7-13-22)23(27)24-20-8-10-21(11-9-20)26-16-14-25(4-2)15-17-26/h6-13H,3-5,14-18H2,1-2H3,(H,24,27). The minimum atomic E-state index is -0.107. The molecular formula is C23H31N3O2. The van der Waals surface area contributed by atoms with Crippen LogP contribution >= 0.6 is 0 Å². The van der Waals surface area contributed by atoms with Gasteiger partial charge in [-0.05, 0) is 61.5 Å². The Labute approximate surface area is 168 Å². The first kappa shape index (κ1) is 20.2. The van der Waals surface area contributed by atoms with E-state index in [-0.39, 0.29) is 5.91 Å². The number of hydrogen-bond donors (Lipinski definition) is 1. The Hall–Kier alpha value is -2.53. The van der Waals surface area contributed by atoms with E-state index in [0.717, 1.165) is 57.0 Å². The number of ether oxygens (including phenoxy) is 1. The van der Waals surface area contributed by atoms with Crippen molar-refractivity contribution in [2.75, 3.05) is 49.5 Å². The van der Waals surface area contributed by atoms with Gasteiger partial charge in [0.05, 0.1) is 6.61 Å². The van der Waals surface area contributed by atoms with Crippen molar-refractivity contribution in [3.8, 4) is 5.75 Å². The van der Waals surface area contributed by atoms with E-state index in [1.54, 1.807) is 12.1 Å². The van der Waals surface area contributed by atoms with Crippen LogP contribution in [0.15, 0.2) is 48.5 Å².